The van der Waals surface area contributed by atoms with E-state index in [0.717, 1.165) is 21.2 Å². The summed E-state index contributed by atoms with van der Waals surface area (Å²) in [6, 6.07) is 13.8. The van der Waals surface area contributed by atoms with Crippen LogP contribution in [0.1, 0.15) is 48.9 Å². The Morgan fingerprint density at radius 2 is 1.78 bits per heavy atom. The van der Waals surface area contributed by atoms with Gasteiger partial charge in [0.2, 0.25) is 0 Å². The molecular weight excluding hydrogens is 297 g/mol. The number of anilines is 2. The Kier molecular flexibility index (Phi) is 6.25. The molecule has 23 heavy (non-hydrogen) atoms. The van der Waals surface area contributed by atoms with Gasteiger partial charge in [-0.1, -0.05) is 45.0 Å². The lowest BCUT2D eigenvalue weighted by Crippen LogP contribution is -2.13. The third kappa shape index (κ3) is 4.15. The molecule has 0 amide bonds. The van der Waals surface area contributed by atoms with Crippen LogP contribution in [0.15, 0.2) is 36.4 Å². The van der Waals surface area contributed by atoms with E-state index in [9.17, 15) is 0 Å². The van der Waals surface area contributed by atoms with Gasteiger partial charge in [-0.15, -0.1) is 8.58 Å². The predicted molar refractivity (Wildman–Crippen MR) is 107 cm³/mol. The third-order valence-corrected chi connectivity index (χ3v) is 5.28. The quantitative estimate of drug-likeness (QED) is 0.566. The molecule has 1 atom stereocenters. The number of rotatable bonds is 6. The van der Waals surface area contributed by atoms with Crippen molar-refractivity contribution >= 4 is 20.0 Å². The molecule has 0 heterocycles. The Hall–Kier alpha value is -1.33. The van der Waals surface area contributed by atoms with Crippen molar-refractivity contribution in [3.05, 3.63) is 58.7 Å². The van der Waals surface area contributed by atoms with Crippen LogP contribution in [-0.2, 0) is 12.6 Å². The average Bonchev–Trinajstić information content (AvgIpc) is 2.54. The summed E-state index contributed by atoms with van der Waals surface area (Å²) in [6.45, 7) is 11.2. The van der Waals surface area contributed by atoms with Crippen LogP contribution in [0.25, 0.3) is 0 Å². The van der Waals surface area contributed by atoms with Crippen molar-refractivity contribution in [2.75, 3.05) is 18.6 Å². The zero-order chi connectivity index (χ0) is 17.0. The van der Waals surface area contributed by atoms with Crippen LogP contribution in [0.3, 0.4) is 0 Å². The molecule has 1 nitrogen and oxygen atoms in total. The van der Waals surface area contributed by atoms with E-state index in [-0.39, 0.29) is 0 Å². The summed E-state index contributed by atoms with van der Waals surface area (Å²) in [5.74, 6) is 0.557. The molecule has 0 saturated heterocycles. The molecule has 124 valence electrons. The highest BCUT2D eigenvalue weighted by Gasteiger charge is 2.13. The van der Waals surface area contributed by atoms with Gasteiger partial charge < -0.3 is 4.90 Å². The standard InChI is InChI=1S/C21H30NP/c1-7-17-9-11-20(19(12-17)14-23-6)22(5)21-13-18(15(2)3)10-8-16(21)4/h8-13,15,23H,7,14H2,1-6H3. The van der Waals surface area contributed by atoms with Crippen molar-refractivity contribution in [3.8, 4) is 0 Å². The second-order valence-electron chi connectivity index (χ2n) is 6.61. The second kappa shape index (κ2) is 7.97. The van der Waals surface area contributed by atoms with Crippen LogP contribution in [0.5, 0.6) is 0 Å². The lowest BCUT2D eigenvalue weighted by Gasteiger charge is -2.26. The van der Waals surface area contributed by atoms with Gasteiger partial charge in [0.15, 0.2) is 0 Å². The van der Waals surface area contributed by atoms with Crippen LogP contribution in [0.2, 0.25) is 0 Å². The minimum atomic E-state index is 0.557. The minimum absolute atomic E-state index is 0.557. The third-order valence-electron chi connectivity index (χ3n) is 4.54. The van der Waals surface area contributed by atoms with Crippen LogP contribution in [-0.4, -0.2) is 13.7 Å². The summed E-state index contributed by atoms with van der Waals surface area (Å²) >= 11 is 0. The van der Waals surface area contributed by atoms with Gasteiger partial charge >= 0.3 is 0 Å². The first-order chi connectivity index (χ1) is 11.0. The maximum Gasteiger partial charge on any atom is 0.0444 e. The molecule has 0 fully saturated rings. The highest BCUT2D eigenvalue weighted by atomic mass is 31.1. The van der Waals surface area contributed by atoms with Gasteiger partial charge in [-0.05, 0) is 66.5 Å². The first-order valence-corrected chi connectivity index (χ1v) is 10.3. The lowest BCUT2D eigenvalue weighted by atomic mass is 9.99. The molecule has 0 saturated carbocycles. The summed E-state index contributed by atoms with van der Waals surface area (Å²) in [5, 5.41) is 0. The molecular formula is C21H30NP. The second-order valence-corrected chi connectivity index (χ2v) is 7.67. The molecule has 0 aliphatic rings. The van der Waals surface area contributed by atoms with Crippen molar-refractivity contribution in [2.45, 2.75) is 46.2 Å². The summed E-state index contributed by atoms with van der Waals surface area (Å²) in [6.07, 6.45) is 2.27. The Labute approximate surface area is 143 Å². The largest absolute Gasteiger partial charge is 0.344 e. The van der Waals surface area contributed by atoms with Gasteiger partial charge in [0.25, 0.3) is 0 Å². The molecule has 2 rings (SSSR count). The highest BCUT2D eigenvalue weighted by Crippen LogP contribution is 2.34. The first-order valence-electron chi connectivity index (χ1n) is 8.58. The van der Waals surface area contributed by atoms with Crippen LogP contribution in [0.4, 0.5) is 11.4 Å². The molecule has 0 aliphatic carbocycles. The fourth-order valence-electron chi connectivity index (χ4n) is 2.99. The smallest absolute Gasteiger partial charge is 0.0444 e. The number of nitrogens with zero attached hydrogens (tertiary/aromatic N) is 1. The zero-order valence-electron chi connectivity index (χ0n) is 15.4. The minimum Gasteiger partial charge on any atom is -0.344 e. The molecule has 0 aromatic heterocycles. The molecule has 2 aromatic carbocycles. The highest BCUT2D eigenvalue weighted by molar-refractivity contribution is 7.36. The molecule has 0 radical (unpaired) electrons. The van der Waals surface area contributed by atoms with Crippen molar-refractivity contribution in [1.29, 1.82) is 0 Å². The Bertz CT molecular complexity index is 661. The van der Waals surface area contributed by atoms with E-state index >= 15 is 0 Å². The van der Waals surface area contributed by atoms with Crippen molar-refractivity contribution in [2.24, 2.45) is 0 Å². The van der Waals surface area contributed by atoms with E-state index in [1.165, 1.54) is 33.6 Å². The molecule has 0 spiro atoms. The van der Waals surface area contributed by atoms with Crippen LogP contribution < -0.4 is 4.90 Å². The predicted octanol–water partition coefficient (Wildman–Crippen LogP) is 6.26. The number of benzene rings is 2. The van der Waals surface area contributed by atoms with Crippen LogP contribution in [0, 0.1) is 6.92 Å². The van der Waals surface area contributed by atoms with Gasteiger partial charge in [0.05, 0.1) is 0 Å². The van der Waals surface area contributed by atoms with E-state index < -0.39 is 0 Å². The van der Waals surface area contributed by atoms with Gasteiger partial charge in [-0.25, -0.2) is 0 Å². The summed E-state index contributed by atoms with van der Waals surface area (Å²) in [7, 11) is 3.15. The fourth-order valence-corrected chi connectivity index (χ4v) is 3.66. The van der Waals surface area contributed by atoms with Crippen molar-refractivity contribution in [1.82, 2.24) is 0 Å². The lowest BCUT2D eigenvalue weighted by molar-refractivity contribution is 0.865. The zero-order valence-corrected chi connectivity index (χ0v) is 16.4. The van der Waals surface area contributed by atoms with Crippen molar-refractivity contribution in [3.63, 3.8) is 0 Å². The van der Waals surface area contributed by atoms with Gasteiger partial charge in [-0.3, -0.25) is 0 Å². The van der Waals surface area contributed by atoms with E-state index in [1.54, 1.807) is 0 Å². The molecule has 0 aliphatic heterocycles. The first kappa shape index (κ1) is 18.0. The maximum absolute atomic E-state index is 2.39. The van der Waals surface area contributed by atoms with Gasteiger partial charge in [0.1, 0.15) is 0 Å². The Balaban J connectivity index is 2.47. The molecule has 2 aromatic rings. The Morgan fingerprint density at radius 1 is 1.04 bits per heavy atom. The van der Waals surface area contributed by atoms with Gasteiger partial charge in [0, 0.05) is 18.4 Å². The molecule has 0 bridgehead atoms. The SMILES string of the molecule is CCc1ccc(N(C)c2cc(C(C)C)ccc2C)c(CPC)c1. The van der Waals surface area contributed by atoms with E-state index in [2.05, 4.69) is 82.7 Å². The van der Waals surface area contributed by atoms with E-state index in [4.69, 9.17) is 0 Å². The Morgan fingerprint density at radius 3 is 2.39 bits per heavy atom. The van der Waals surface area contributed by atoms with Crippen LogP contribution >= 0.6 is 8.58 Å². The molecule has 2 heteroatoms. The maximum atomic E-state index is 2.39. The average molecular weight is 327 g/mol. The number of aryl methyl sites for hydroxylation is 2. The normalized spacial score (nSPS) is 11.6. The topological polar surface area (TPSA) is 3.24 Å². The number of hydrogen-bond donors (Lipinski definition) is 0. The van der Waals surface area contributed by atoms with E-state index in [1.807, 2.05) is 0 Å². The molecule has 1 unspecified atom stereocenters. The monoisotopic (exact) mass is 327 g/mol. The van der Waals surface area contributed by atoms with Gasteiger partial charge in [-0.2, -0.15) is 0 Å². The summed E-state index contributed by atoms with van der Waals surface area (Å²) in [4.78, 5) is 2.37. The number of hydrogen-bond acceptors (Lipinski definition) is 1. The van der Waals surface area contributed by atoms with E-state index in [0.29, 0.717) is 5.92 Å². The summed E-state index contributed by atoms with van der Waals surface area (Å²) < 4.78 is 0. The van der Waals surface area contributed by atoms with Crippen molar-refractivity contribution < 1.29 is 0 Å². The fraction of sp³-hybridized carbons (Fsp3) is 0.429. The molecule has 0 N–H and O–H groups in total. The summed E-state index contributed by atoms with van der Waals surface area (Å²) in [5.41, 5.74) is 8.31.